The van der Waals surface area contributed by atoms with Gasteiger partial charge in [0.25, 0.3) is 0 Å². The summed E-state index contributed by atoms with van der Waals surface area (Å²) < 4.78 is 0. The summed E-state index contributed by atoms with van der Waals surface area (Å²) in [7, 11) is 0. The molecule has 0 unspecified atom stereocenters. The quantitative estimate of drug-likeness (QED) is 0.249. The van der Waals surface area contributed by atoms with Crippen LogP contribution in [0.5, 0.6) is 0 Å². The van der Waals surface area contributed by atoms with Gasteiger partial charge in [0.05, 0.1) is 22.8 Å². The van der Waals surface area contributed by atoms with Gasteiger partial charge in [0, 0.05) is 38.6 Å². The summed E-state index contributed by atoms with van der Waals surface area (Å²) in [6.07, 6.45) is 14.4. The third kappa shape index (κ3) is 9.76. The molecule has 4 aliphatic heterocycles. The normalized spacial score (nSPS) is 25.0. The van der Waals surface area contributed by atoms with Gasteiger partial charge in [-0.05, 0) is 138 Å². The average Bonchev–Trinajstić information content (AvgIpc) is 3.56. The largest absolute Gasteiger partial charge is 3.00 e. The van der Waals surface area contributed by atoms with Crippen molar-refractivity contribution in [3.8, 4) is 0 Å². The van der Waals surface area contributed by atoms with Gasteiger partial charge in [0.2, 0.25) is 0 Å². The van der Waals surface area contributed by atoms with E-state index in [-0.39, 0.29) is 16.8 Å². The van der Waals surface area contributed by atoms with Gasteiger partial charge in [-0.15, -0.1) is 0 Å². The van der Waals surface area contributed by atoms with Crippen LogP contribution < -0.4 is 10.9 Å². The molecule has 2 aromatic heterocycles. The fourth-order valence-electron chi connectivity index (χ4n) is 6.59. The molecule has 6 fully saturated rings. The molecule has 2 saturated carbocycles. The van der Waals surface area contributed by atoms with Crippen molar-refractivity contribution in [2.24, 2.45) is 33.9 Å². The summed E-state index contributed by atoms with van der Waals surface area (Å²) in [6, 6.07) is 11.6. The second kappa shape index (κ2) is 16.6. The van der Waals surface area contributed by atoms with Gasteiger partial charge >= 0.3 is 16.8 Å². The molecule has 8 nitrogen and oxygen atoms in total. The van der Waals surface area contributed by atoms with Gasteiger partial charge in [-0.3, -0.25) is 20.8 Å². The van der Waals surface area contributed by atoms with Crippen LogP contribution in [0.2, 0.25) is 0 Å². The van der Waals surface area contributed by atoms with Crippen LogP contribution in [0.3, 0.4) is 0 Å². The fraction of sp³-hybridized carbons (Fsp3) is 0.562. The zero-order chi connectivity index (χ0) is 29.3. The van der Waals surface area contributed by atoms with Crippen LogP contribution in [0.1, 0.15) is 76.6 Å². The zero-order valence-corrected chi connectivity index (χ0v) is 27.9. The van der Waals surface area contributed by atoms with Crippen LogP contribution >= 0.6 is 24.4 Å². The van der Waals surface area contributed by atoms with Gasteiger partial charge in [0.15, 0.2) is 10.2 Å². The molecular formula is C32H44CoN8S2+3. The second-order valence-corrected chi connectivity index (χ2v) is 13.0. The molecule has 230 valence electrons. The molecule has 4 saturated heterocycles. The summed E-state index contributed by atoms with van der Waals surface area (Å²) >= 11 is 11.0. The first-order chi connectivity index (χ1) is 20.4. The van der Waals surface area contributed by atoms with Crippen molar-refractivity contribution in [3.63, 3.8) is 0 Å². The monoisotopic (exact) mass is 663 g/mol. The molecule has 0 radical (unpaired) electrons. The van der Waals surface area contributed by atoms with Crippen LogP contribution in [-0.2, 0) is 16.8 Å². The minimum absolute atomic E-state index is 0. The smallest absolute Gasteiger partial charge is 0.347 e. The Morgan fingerprint density at radius 1 is 0.628 bits per heavy atom. The molecule has 0 aromatic carbocycles. The number of fused-ring (bicyclic) bond motifs is 8. The molecule has 0 amide bonds. The number of rotatable bonds is 4. The van der Waals surface area contributed by atoms with Gasteiger partial charge < -0.3 is 9.80 Å². The Labute approximate surface area is 277 Å². The molecule has 4 bridgehead atoms. The summed E-state index contributed by atoms with van der Waals surface area (Å²) in [5.41, 5.74) is 9.58. The van der Waals surface area contributed by atoms with Crippen molar-refractivity contribution in [3.05, 3.63) is 60.2 Å². The van der Waals surface area contributed by atoms with Gasteiger partial charge in [-0.1, -0.05) is 12.1 Å². The summed E-state index contributed by atoms with van der Waals surface area (Å²) in [4.78, 5) is 13.2. The maximum atomic E-state index is 5.52. The molecule has 0 atom stereocenters. The Hall–Kier alpha value is -2.47. The van der Waals surface area contributed by atoms with Crippen molar-refractivity contribution in [1.29, 1.82) is 0 Å². The van der Waals surface area contributed by atoms with Crippen LogP contribution in [0.15, 0.2) is 59.0 Å². The van der Waals surface area contributed by atoms with E-state index in [4.69, 9.17) is 24.4 Å². The zero-order valence-electron chi connectivity index (χ0n) is 25.2. The molecule has 2 aliphatic carbocycles. The summed E-state index contributed by atoms with van der Waals surface area (Å²) in [6.45, 7) is 8.23. The standard InChI is InChI=1S/2C16H22N4S.Co/c2*1-12(15-4-2-3-9-17-15)18-19-16(21)20-10-13-5-6-14(11-20)8-7-13;/h2*2-4,9,13-14H,5-8,10-11H2,1H3,(H,19,21);/q;;+3. The number of nitrogens with zero attached hydrogens (tertiary/aromatic N) is 6. The average molecular weight is 664 g/mol. The second-order valence-electron chi connectivity index (χ2n) is 12.2. The van der Waals surface area contributed by atoms with Gasteiger partial charge in [-0.2, -0.15) is 10.2 Å². The van der Waals surface area contributed by atoms with Gasteiger partial charge in [-0.25, -0.2) is 0 Å². The molecule has 2 aromatic rings. The van der Waals surface area contributed by atoms with E-state index < -0.39 is 0 Å². The number of hydrazone groups is 2. The van der Waals surface area contributed by atoms with E-state index in [1.807, 2.05) is 50.2 Å². The van der Waals surface area contributed by atoms with Gasteiger partial charge in [0.1, 0.15) is 0 Å². The maximum absolute atomic E-state index is 5.52. The van der Waals surface area contributed by atoms with E-state index in [9.17, 15) is 0 Å². The maximum Gasteiger partial charge on any atom is 3.00 e. The number of pyridine rings is 2. The topological polar surface area (TPSA) is 81.0 Å². The SMILES string of the molecule is CC(=NNC(=S)N1CC2CCC(CC2)C1)c1ccccn1.CC(=NNC(=S)N1CC2CCC(CC2)C1)c1ccccn1.[Co+3]. The Kier molecular flexibility index (Phi) is 12.9. The van der Waals surface area contributed by atoms with E-state index in [1.54, 1.807) is 12.4 Å². The van der Waals surface area contributed by atoms with Crippen molar-refractivity contribution < 1.29 is 16.8 Å². The first-order valence-corrected chi connectivity index (χ1v) is 16.3. The number of thiocarbonyl (C=S) groups is 2. The molecule has 0 spiro atoms. The fourth-order valence-corrected chi connectivity index (χ4v) is 6.98. The van der Waals surface area contributed by atoms with E-state index in [1.165, 1.54) is 51.4 Å². The predicted octanol–water partition coefficient (Wildman–Crippen LogP) is 5.60. The Bertz CT molecular complexity index is 1120. The van der Waals surface area contributed by atoms with E-state index in [0.717, 1.165) is 82.9 Å². The van der Waals surface area contributed by atoms with Crippen molar-refractivity contribution >= 4 is 46.1 Å². The van der Waals surface area contributed by atoms with Crippen molar-refractivity contribution in [2.45, 2.75) is 65.2 Å². The van der Waals surface area contributed by atoms with Crippen molar-refractivity contribution in [2.75, 3.05) is 26.2 Å². The Morgan fingerprint density at radius 2 is 0.953 bits per heavy atom. The minimum atomic E-state index is 0. The first kappa shape index (κ1) is 33.4. The predicted molar refractivity (Wildman–Crippen MR) is 178 cm³/mol. The Balaban J connectivity index is 0.000000192. The number of hydrogen-bond donors (Lipinski definition) is 2. The molecule has 6 aliphatic rings. The molecule has 6 heterocycles. The number of aromatic nitrogens is 2. The van der Waals surface area contributed by atoms with Crippen molar-refractivity contribution in [1.82, 2.24) is 30.6 Å². The number of hydrogen-bond acceptors (Lipinski definition) is 6. The van der Waals surface area contributed by atoms with Crippen LogP contribution in [0.25, 0.3) is 0 Å². The summed E-state index contributed by atoms with van der Waals surface area (Å²) in [5.74, 6) is 3.24. The van der Waals surface area contributed by atoms with Crippen LogP contribution in [0.4, 0.5) is 0 Å². The Morgan fingerprint density at radius 3 is 1.23 bits per heavy atom. The number of nitrogens with one attached hydrogen (secondary N) is 2. The summed E-state index contributed by atoms with van der Waals surface area (Å²) in [5, 5.41) is 10.3. The third-order valence-corrected chi connectivity index (χ3v) is 9.83. The van der Waals surface area contributed by atoms with E-state index in [2.05, 4.69) is 40.8 Å². The molecule has 2 N–H and O–H groups in total. The third-order valence-electron chi connectivity index (χ3n) is 9.13. The molecule has 8 rings (SSSR count). The van der Waals surface area contributed by atoms with E-state index >= 15 is 0 Å². The van der Waals surface area contributed by atoms with E-state index in [0.29, 0.717) is 0 Å². The molecular weight excluding hydrogens is 619 g/mol. The van der Waals surface area contributed by atoms with Crippen LogP contribution in [0, 0.1) is 23.7 Å². The molecule has 43 heavy (non-hydrogen) atoms. The first-order valence-electron chi connectivity index (χ1n) is 15.5. The minimum Gasteiger partial charge on any atom is -0.347 e. The molecule has 11 heteroatoms. The van der Waals surface area contributed by atoms with Crippen LogP contribution in [-0.4, -0.2) is 67.6 Å².